The number of furan rings is 1. The molecule has 3 rings (SSSR count). The zero-order chi connectivity index (χ0) is 20.8. The van der Waals surface area contributed by atoms with E-state index in [1.165, 1.54) is 18.4 Å². The van der Waals surface area contributed by atoms with Crippen molar-refractivity contribution in [3.8, 4) is 11.7 Å². The largest absolute Gasteiger partial charge is 0.459 e. The molecular formula is C19H21N5O5. The minimum atomic E-state index is -0.495. The number of aromatic nitrogens is 2. The lowest BCUT2D eigenvalue weighted by molar-refractivity contribution is -0.384. The van der Waals surface area contributed by atoms with Gasteiger partial charge in [0.2, 0.25) is 11.8 Å². The van der Waals surface area contributed by atoms with E-state index in [-0.39, 0.29) is 24.0 Å². The Labute approximate surface area is 166 Å². The highest BCUT2D eigenvalue weighted by molar-refractivity contribution is 5.93. The molecule has 29 heavy (non-hydrogen) atoms. The lowest BCUT2D eigenvalue weighted by Crippen LogP contribution is -2.33. The molecule has 0 saturated heterocycles. The molecule has 0 aliphatic carbocycles. The fourth-order valence-corrected chi connectivity index (χ4v) is 2.79. The Balaban J connectivity index is 1.65. The number of amides is 1. The van der Waals surface area contributed by atoms with E-state index in [2.05, 4.69) is 15.5 Å². The standard InChI is InChI=1S/C19H21N5O5/c1-3-8-23(12-18-21-22-19(29-18)16-5-4-9-28-16)11-17(25)20-15-10-14(24(26)27)7-6-13(15)2/h4-7,9-10H,3,8,11-12H2,1-2H3,(H,20,25). The van der Waals surface area contributed by atoms with Crippen LogP contribution in [0.3, 0.4) is 0 Å². The van der Waals surface area contributed by atoms with Crippen molar-refractivity contribution in [3.63, 3.8) is 0 Å². The smallest absolute Gasteiger partial charge is 0.283 e. The highest BCUT2D eigenvalue weighted by Gasteiger charge is 2.17. The van der Waals surface area contributed by atoms with Crippen LogP contribution in [0.1, 0.15) is 24.8 Å². The summed E-state index contributed by atoms with van der Waals surface area (Å²) in [5.74, 6) is 0.833. The molecule has 0 aliphatic heterocycles. The number of carbonyl (C=O) groups is 1. The number of nitrogens with zero attached hydrogens (tertiary/aromatic N) is 4. The molecule has 0 bridgehead atoms. The van der Waals surface area contributed by atoms with E-state index in [1.807, 2.05) is 11.8 Å². The first-order valence-corrected chi connectivity index (χ1v) is 9.09. The summed E-state index contributed by atoms with van der Waals surface area (Å²) in [6.45, 7) is 4.78. The van der Waals surface area contributed by atoms with Gasteiger partial charge in [-0.1, -0.05) is 13.0 Å². The average molecular weight is 399 g/mol. The zero-order valence-electron chi connectivity index (χ0n) is 16.1. The first-order valence-electron chi connectivity index (χ1n) is 9.09. The van der Waals surface area contributed by atoms with Crippen LogP contribution in [0.4, 0.5) is 11.4 Å². The fourth-order valence-electron chi connectivity index (χ4n) is 2.79. The molecule has 10 heteroatoms. The zero-order valence-corrected chi connectivity index (χ0v) is 16.1. The number of hydrogen-bond donors (Lipinski definition) is 1. The van der Waals surface area contributed by atoms with Crippen molar-refractivity contribution in [2.24, 2.45) is 0 Å². The van der Waals surface area contributed by atoms with E-state index in [0.717, 1.165) is 12.0 Å². The Bertz CT molecular complexity index is 983. The Hall–Kier alpha value is -3.53. The number of carbonyl (C=O) groups excluding carboxylic acids is 1. The molecule has 10 nitrogen and oxygen atoms in total. The molecule has 0 radical (unpaired) electrons. The molecule has 1 N–H and O–H groups in total. The maximum absolute atomic E-state index is 12.5. The molecule has 0 aliphatic rings. The van der Waals surface area contributed by atoms with Crippen molar-refractivity contribution in [2.45, 2.75) is 26.8 Å². The predicted octanol–water partition coefficient (Wildman–Crippen LogP) is 3.40. The van der Waals surface area contributed by atoms with Crippen LogP contribution in [0, 0.1) is 17.0 Å². The topological polar surface area (TPSA) is 128 Å². The number of nitrogens with one attached hydrogen (secondary N) is 1. The lowest BCUT2D eigenvalue weighted by atomic mass is 10.2. The monoisotopic (exact) mass is 399 g/mol. The first-order chi connectivity index (χ1) is 14.0. The maximum Gasteiger partial charge on any atom is 0.283 e. The summed E-state index contributed by atoms with van der Waals surface area (Å²) >= 11 is 0. The van der Waals surface area contributed by atoms with Gasteiger partial charge in [-0.15, -0.1) is 10.2 Å². The van der Waals surface area contributed by atoms with Crippen LogP contribution in [-0.2, 0) is 11.3 Å². The van der Waals surface area contributed by atoms with E-state index in [1.54, 1.807) is 25.1 Å². The van der Waals surface area contributed by atoms with Gasteiger partial charge in [0.25, 0.3) is 11.6 Å². The van der Waals surface area contributed by atoms with Crippen molar-refractivity contribution >= 4 is 17.3 Å². The van der Waals surface area contributed by atoms with Gasteiger partial charge in [-0.05, 0) is 37.6 Å². The second kappa shape index (κ2) is 9.11. The van der Waals surface area contributed by atoms with Crippen molar-refractivity contribution in [3.05, 3.63) is 58.2 Å². The van der Waals surface area contributed by atoms with Crippen molar-refractivity contribution < 1.29 is 18.6 Å². The number of non-ortho nitro benzene ring substituents is 1. The highest BCUT2D eigenvalue weighted by atomic mass is 16.6. The average Bonchev–Trinajstić information content (AvgIpc) is 3.35. The molecule has 2 aromatic heterocycles. The minimum absolute atomic E-state index is 0.0763. The summed E-state index contributed by atoms with van der Waals surface area (Å²) < 4.78 is 10.8. The van der Waals surface area contributed by atoms with E-state index in [9.17, 15) is 14.9 Å². The molecule has 1 aromatic carbocycles. The summed E-state index contributed by atoms with van der Waals surface area (Å²) in [4.78, 5) is 24.8. The highest BCUT2D eigenvalue weighted by Crippen LogP contribution is 2.22. The number of benzene rings is 1. The summed E-state index contributed by atoms with van der Waals surface area (Å²) in [5, 5.41) is 21.7. The van der Waals surface area contributed by atoms with Crippen molar-refractivity contribution in [1.82, 2.24) is 15.1 Å². The predicted molar refractivity (Wildman–Crippen MR) is 104 cm³/mol. The normalized spacial score (nSPS) is 11.0. The van der Waals surface area contributed by atoms with Gasteiger partial charge in [0.1, 0.15) is 0 Å². The first kappa shape index (κ1) is 20.2. The van der Waals surface area contributed by atoms with E-state index >= 15 is 0 Å². The molecule has 152 valence electrons. The van der Waals surface area contributed by atoms with E-state index < -0.39 is 4.92 Å². The number of rotatable bonds is 9. The van der Waals surface area contributed by atoms with Crippen LogP contribution in [-0.4, -0.2) is 39.0 Å². The third-order valence-electron chi connectivity index (χ3n) is 4.17. The number of nitro benzene ring substituents is 1. The summed E-state index contributed by atoms with van der Waals surface area (Å²) in [6.07, 6.45) is 2.34. The van der Waals surface area contributed by atoms with Gasteiger partial charge in [0.05, 0.1) is 30.0 Å². The molecule has 0 fully saturated rings. The SMILES string of the molecule is CCCN(CC(=O)Nc1cc([N+](=O)[O-])ccc1C)Cc1nnc(-c2ccco2)o1. The van der Waals surface area contributed by atoms with Gasteiger partial charge >= 0.3 is 0 Å². The van der Waals surface area contributed by atoms with Crippen LogP contribution < -0.4 is 5.32 Å². The molecule has 2 heterocycles. The molecule has 0 saturated carbocycles. The molecule has 0 spiro atoms. The van der Waals surface area contributed by atoms with Gasteiger partial charge in [-0.3, -0.25) is 19.8 Å². The van der Waals surface area contributed by atoms with Crippen LogP contribution in [0.2, 0.25) is 0 Å². The van der Waals surface area contributed by atoms with Crippen LogP contribution in [0.15, 0.2) is 45.4 Å². The fraction of sp³-hybridized carbons (Fsp3) is 0.316. The molecular weight excluding hydrogens is 378 g/mol. The quantitative estimate of drug-likeness (QED) is 0.428. The van der Waals surface area contributed by atoms with Gasteiger partial charge < -0.3 is 14.2 Å². The second-order valence-electron chi connectivity index (χ2n) is 6.49. The third-order valence-corrected chi connectivity index (χ3v) is 4.17. The number of anilines is 1. The third kappa shape index (κ3) is 5.26. The van der Waals surface area contributed by atoms with E-state index in [4.69, 9.17) is 8.83 Å². The Morgan fingerprint density at radius 2 is 2.14 bits per heavy atom. The molecule has 1 amide bonds. The Morgan fingerprint density at radius 1 is 1.31 bits per heavy atom. The van der Waals surface area contributed by atoms with Crippen LogP contribution in [0.5, 0.6) is 0 Å². The Kier molecular flexibility index (Phi) is 6.35. The van der Waals surface area contributed by atoms with Gasteiger partial charge in [0.15, 0.2) is 5.76 Å². The summed E-state index contributed by atoms with van der Waals surface area (Å²) in [7, 11) is 0. The maximum atomic E-state index is 12.5. The number of aryl methyl sites for hydroxylation is 1. The molecule has 0 unspecified atom stereocenters. The molecule has 3 aromatic rings. The summed E-state index contributed by atoms with van der Waals surface area (Å²) in [6, 6.07) is 7.80. The Morgan fingerprint density at radius 3 is 2.83 bits per heavy atom. The van der Waals surface area contributed by atoms with Gasteiger partial charge in [0, 0.05) is 12.1 Å². The minimum Gasteiger partial charge on any atom is -0.459 e. The second-order valence-corrected chi connectivity index (χ2v) is 6.49. The summed E-state index contributed by atoms with van der Waals surface area (Å²) in [5.41, 5.74) is 1.08. The van der Waals surface area contributed by atoms with Crippen LogP contribution in [0.25, 0.3) is 11.7 Å². The van der Waals surface area contributed by atoms with Crippen LogP contribution >= 0.6 is 0 Å². The van der Waals surface area contributed by atoms with E-state index in [0.29, 0.717) is 30.4 Å². The van der Waals surface area contributed by atoms with Crippen molar-refractivity contribution in [2.75, 3.05) is 18.4 Å². The van der Waals surface area contributed by atoms with Gasteiger partial charge in [-0.2, -0.15) is 0 Å². The lowest BCUT2D eigenvalue weighted by Gasteiger charge is -2.19. The van der Waals surface area contributed by atoms with Crippen molar-refractivity contribution in [1.29, 1.82) is 0 Å². The van der Waals surface area contributed by atoms with Gasteiger partial charge in [-0.25, -0.2) is 0 Å². The molecule has 0 atom stereocenters. The number of nitro groups is 1. The number of hydrogen-bond acceptors (Lipinski definition) is 8.